The lowest BCUT2D eigenvalue weighted by atomic mass is 10.1. The normalized spacial score (nSPS) is 14.8. The third kappa shape index (κ3) is 3.47. The fraction of sp³-hybridized carbons (Fsp3) is 0.174. The van der Waals surface area contributed by atoms with Gasteiger partial charge in [0.2, 0.25) is 0 Å². The molecule has 2 aromatic heterocycles. The molecule has 5 rings (SSSR count). The summed E-state index contributed by atoms with van der Waals surface area (Å²) in [5, 5.41) is 7.86. The van der Waals surface area contributed by atoms with Gasteiger partial charge in [0.25, 0.3) is 11.5 Å². The van der Waals surface area contributed by atoms with E-state index >= 15 is 0 Å². The first-order valence-electron chi connectivity index (χ1n) is 10.0. The summed E-state index contributed by atoms with van der Waals surface area (Å²) in [5.41, 5.74) is 1.05. The number of halogens is 1. The van der Waals surface area contributed by atoms with Crippen molar-refractivity contribution in [2.24, 2.45) is 7.05 Å². The number of amides is 1. The van der Waals surface area contributed by atoms with Gasteiger partial charge in [-0.25, -0.2) is 19.0 Å². The molecule has 1 N–H and O–H groups in total. The average molecular weight is 431 g/mol. The van der Waals surface area contributed by atoms with Crippen LogP contribution < -0.4 is 15.6 Å². The summed E-state index contributed by atoms with van der Waals surface area (Å²) in [6.07, 6.45) is 3.19. The zero-order valence-corrected chi connectivity index (χ0v) is 17.1. The van der Waals surface area contributed by atoms with Crippen molar-refractivity contribution < 1.29 is 13.9 Å². The summed E-state index contributed by atoms with van der Waals surface area (Å²) in [7, 11) is 1.50. The summed E-state index contributed by atoms with van der Waals surface area (Å²) in [4.78, 5) is 33.5. The first-order valence-corrected chi connectivity index (χ1v) is 10.0. The molecule has 32 heavy (non-hydrogen) atoms. The molecule has 4 aromatic rings. The molecule has 160 valence electrons. The van der Waals surface area contributed by atoms with Crippen LogP contribution in [0.5, 0.6) is 5.75 Å². The Morgan fingerprint density at radius 1 is 1.19 bits per heavy atom. The molecule has 3 heterocycles. The van der Waals surface area contributed by atoms with Crippen molar-refractivity contribution in [3.8, 4) is 17.1 Å². The first-order chi connectivity index (χ1) is 15.5. The Morgan fingerprint density at radius 2 is 1.94 bits per heavy atom. The predicted molar refractivity (Wildman–Crippen MR) is 115 cm³/mol. The number of aryl methyl sites for hydroxylation is 1. The molecule has 0 radical (unpaired) electrons. The van der Waals surface area contributed by atoms with Gasteiger partial charge in [-0.05, 0) is 24.3 Å². The van der Waals surface area contributed by atoms with E-state index in [4.69, 9.17) is 4.74 Å². The topological polar surface area (TPSA) is 99.0 Å². The highest BCUT2D eigenvalue weighted by Crippen LogP contribution is 2.38. The number of nitrogens with one attached hydrogen (secondary N) is 1. The number of aromatic nitrogens is 4. The first kappa shape index (κ1) is 19.8. The molecule has 0 spiro atoms. The molecule has 1 aliphatic heterocycles. The third-order valence-corrected chi connectivity index (χ3v) is 5.33. The van der Waals surface area contributed by atoms with Crippen LogP contribution in [0, 0.1) is 5.82 Å². The van der Waals surface area contributed by atoms with E-state index in [9.17, 15) is 14.0 Å². The smallest absolute Gasteiger partial charge is 0.274 e. The lowest BCUT2D eigenvalue weighted by Crippen LogP contribution is -2.36. The van der Waals surface area contributed by atoms with Crippen LogP contribution >= 0.6 is 0 Å². The van der Waals surface area contributed by atoms with Gasteiger partial charge in [-0.1, -0.05) is 18.2 Å². The maximum Gasteiger partial charge on any atom is 0.274 e. The van der Waals surface area contributed by atoms with Crippen LogP contribution in [0.25, 0.3) is 22.2 Å². The molecular formula is C23H18FN5O3. The van der Waals surface area contributed by atoms with Gasteiger partial charge in [0.15, 0.2) is 11.5 Å². The second kappa shape index (κ2) is 7.84. The Morgan fingerprint density at radius 3 is 2.72 bits per heavy atom. The minimum Gasteiger partial charge on any atom is -0.487 e. The summed E-state index contributed by atoms with van der Waals surface area (Å²) in [5.74, 6) is 0.0610. The molecule has 1 aliphatic rings. The van der Waals surface area contributed by atoms with Gasteiger partial charge >= 0.3 is 0 Å². The molecule has 0 unspecified atom stereocenters. The highest BCUT2D eigenvalue weighted by molar-refractivity contribution is 6.04. The minimum atomic E-state index is -0.422. The number of rotatable bonds is 4. The number of benzene rings is 2. The fourth-order valence-electron chi connectivity index (χ4n) is 3.87. The summed E-state index contributed by atoms with van der Waals surface area (Å²) in [6.45, 7) is 0.184. The summed E-state index contributed by atoms with van der Waals surface area (Å²) >= 11 is 0. The van der Waals surface area contributed by atoms with E-state index in [1.165, 1.54) is 19.2 Å². The van der Waals surface area contributed by atoms with Gasteiger partial charge in [0, 0.05) is 36.8 Å². The van der Waals surface area contributed by atoms with Crippen LogP contribution in [0.1, 0.15) is 16.1 Å². The van der Waals surface area contributed by atoms with E-state index < -0.39 is 17.8 Å². The quantitative estimate of drug-likeness (QED) is 0.532. The van der Waals surface area contributed by atoms with Crippen molar-refractivity contribution in [1.82, 2.24) is 25.1 Å². The van der Waals surface area contributed by atoms with Crippen molar-refractivity contribution in [2.75, 3.05) is 6.54 Å². The van der Waals surface area contributed by atoms with Gasteiger partial charge < -0.3 is 10.1 Å². The molecule has 0 bridgehead atoms. The second-order valence-corrected chi connectivity index (χ2v) is 7.49. The number of ether oxygens (including phenoxy) is 1. The van der Waals surface area contributed by atoms with Crippen LogP contribution in [-0.2, 0) is 13.5 Å². The Balaban J connectivity index is 1.37. The molecule has 8 nitrogen and oxygen atoms in total. The number of fused-ring (bicyclic) bond motifs is 2. The van der Waals surface area contributed by atoms with Gasteiger partial charge in [-0.3, -0.25) is 9.59 Å². The lowest BCUT2D eigenvalue weighted by molar-refractivity contribution is 0.0928. The zero-order valence-electron chi connectivity index (χ0n) is 17.1. The molecular weight excluding hydrogens is 413 g/mol. The maximum absolute atomic E-state index is 14.2. The van der Waals surface area contributed by atoms with Crippen molar-refractivity contribution in [2.45, 2.75) is 12.5 Å². The summed E-state index contributed by atoms with van der Waals surface area (Å²) < 4.78 is 21.3. The standard InChI is InChI=1S/C23H18FN5O3/c1-29-23(31)17-6-3-2-5-16(17)19(28-29)22(30)27-12-15-10-13-9-14(24)11-18(20(13)32-15)21-25-7-4-8-26-21/h2-9,11,15H,10,12H2,1H3,(H,27,30)/t15-/m1/s1. The molecule has 0 fully saturated rings. The van der Waals surface area contributed by atoms with Crippen molar-refractivity contribution in [1.29, 1.82) is 0 Å². The number of nitrogens with zero attached hydrogens (tertiary/aromatic N) is 4. The van der Waals surface area contributed by atoms with Gasteiger partial charge in [-0.15, -0.1) is 0 Å². The van der Waals surface area contributed by atoms with E-state index in [-0.39, 0.29) is 17.8 Å². The number of hydrogen-bond acceptors (Lipinski definition) is 6. The summed E-state index contributed by atoms with van der Waals surface area (Å²) in [6, 6.07) is 11.3. The van der Waals surface area contributed by atoms with Gasteiger partial charge in [-0.2, -0.15) is 5.10 Å². The average Bonchev–Trinajstić information content (AvgIpc) is 3.22. The van der Waals surface area contributed by atoms with E-state index in [2.05, 4.69) is 20.4 Å². The molecule has 0 aliphatic carbocycles. The van der Waals surface area contributed by atoms with Crippen molar-refractivity contribution >= 4 is 16.7 Å². The Labute approximate surface area is 181 Å². The van der Waals surface area contributed by atoms with Crippen LogP contribution in [-0.4, -0.2) is 38.3 Å². The SMILES string of the molecule is Cn1nc(C(=O)NC[C@H]2Cc3cc(F)cc(-c4ncccn4)c3O2)c2ccccc2c1=O. The molecule has 0 saturated carbocycles. The van der Waals surface area contributed by atoms with E-state index in [1.54, 1.807) is 42.7 Å². The highest BCUT2D eigenvalue weighted by Gasteiger charge is 2.28. The van der Waals surface area contributed by atoms with Crippen LogP contribution in [0.3, 0.4) is 0 Å². The lowest BCUT2D eigenvalue weighted by Gasteiger charge is -2.14. The molecule has 1 atom stereocenters. The molecule has 9 heteroatoms. The third-order valence-electron chi connectivity index (χ3n) is 5.33. The monoisotopic (exact) mass is 431 g/mol. The zero-order chi connectivity index (χ0) is 22.2. The highest BCUT2D eigenvalue weighted by atomic mass is 19.1. The Kier molecular flexibility index (Phi) is 4.85. The molecule has 0 saturated heterocycles. The molecule has 1 amide bonds. The van der Waals surface area contributed by atoms with Crippen molar-refractivity contribution in [3.63, 3.8) is 0 Å². The fourth-order valence-corrected chi connectivity index (χ4v) is 3.87. The van der Waals surface area contributed by atoms with E-state index in [1.807, 2.05) is 0 Å². The minimum absolute atomic E-state index is 0.155. The van der Waals surface area contributed by atoms with Crippen LogP contribution in [0.15, 0.2) is 59.7 Å². The Hall–Kier alpha value is -4.14. The van der Waals surface area contributed by atoms with Crippen molar-refractivity contribution in [3.05, 3.63) is 82.3 Å². The maximum atomic E-state index is 14.2. The van der Waals surface area contributed by atoms with Gasteiger partial charge in [0.1, 0.15) is 17.7 Å². The van der Waals surface area contributed by atoms with Crippen LogP contribution in [0.4, 0.5) is 4.39 Å². The van der Waals surface area contributed by atoms with E-state index in [0.29, 0.717) is 39.9 Å². The van der Waals surface area contributed by atoms with Gasteiger partial charge in [0.05, 0.1) is 17.5 Å². The largest absolute Gasteiger partial charge is 0.487 e. The number of hydrogen-bond donors (Lipinski definition) is 1. The Bertz CT molecular complexity index is 1400. The van der Waals surface area contributed by atoms with Crippen LogP contribution in [0.2, 0.25) is 0 Å². The number of carbonyl (C=O) groups excluding carboxylic acids is 1. The van der Waals surface area contributed by atoms with E-state index in [0.717, 1.165) is 4.68 Å². The second-order valence-electron chi connectivity index (χ2n) is 7.49. The predicted octanol–water partition coefficient (Wildman–Crippen LogP) is 2.26. The molecule has 2 aromatic carbocycles. The number of carbonyl (C=O) groups is 1.